The molecule has 0 saturated carbocycles. The van der Waals surface area contributed by atoms with Crippen LogP contribution in [0, 0.1) is 0 Å². The van der Waals surface area contributed by atoms with E-state index in [1.54, 1.807) is 37.7 Å². The predicted octanol–water partition coefficient (Wildman–Crippen LogP) is 5.57. The fourth-order valence-corrected chi connectivity index (χ4v) is 4.39. The topological polar surface area (TPSA) is 50.8 Å². The molecule has 0 bridgehead atoms. The van der Waals surface area contributed by atoms with E-state index in [0.717, 1.165) is 32.2 Å². The summed E-state index contributed by atoms with van der Waals surface area (Å²) < 4.78 is 10.6. The van der Waals surface area contributed by atoms with E-state index in [9.17, 15) is 4.79 Å². The molecule has 140 valence electrons. The average molecular weight is 395 g/mol. The molecule has 26 heavy (non-hydrogen) atoms. The number of anilines is 1. The summed E-state index contributed by atoms with van der Waals surface area (Å²) >= 11 is 7.92. The van der Waals surface area contributed by atoms with Gasteiger partial charge in [-0.2, -0.15) is 0 Å². The molecule has 1 aromatic heterocycles. The zero-order valence-electron chi connectivity index (χ0n) is 15.0. The molecule has 0 radical (unpaired) electrons. The molecule has 1 unspecified atom stereocenters. The van der Waals surface area contributed by atoms with Gasteiger partial charge in [0.25, 0.3) is 0 Å². The highest BCUT2D eigenvalue weighted by molar-refractivity contribution is 7.10. The van der Waals surface area contributed by atoms with E-state index in [1.807, 2.05) is 11.0 Å². The van der Waals surface area contributed by atoms with Gasteiger partial charge in [0.15, 0.2) is 0 Å². The van der Waals surface area contributed by atoms with Crippen LogP contribution in [0.4, 0.5) is 10.5 Å². The number of ether oxygens (including phenoxy) is 2. The number of rotatable bonds is 4. The Morgan fingerprint density at radius 3 is 2.73 bits per heavy atom. The van der Waals surface area contributed by atoms with Crippen molar-refractivity contribution in [3.05, 3.63) is 39.5 Å². The number of halogens is 1. The minimum Gasteiger partial charge on any atom is -0.495 e. The molecule has 2 heterocycles. The van der Waals surface area contributed by atoms with Gasteiger partial charge >= 0.3 is 6.03 Å². The molecule has 1 saturated heterocycles. The third-order valence-electron chi connectivity index (χ3n) is 4.60. The fourth-order valence-electron chi connectivity index (χ4n) is 3.27. The van der Waals surface area contributed by atoms with Crippen LogP contribution in [0.2, 0.25) is 5.02 Å². The van der Waals surface area contributed by atoms with Crippen molar-refractivity contribution in [1.82, 2.24) is 4.90 Å². The predicted molar refractivity (Wildman–Crippen MR) is 106 cm³/mol. The molecule has 7 heteroatoms. The first kappa shape index (κ1) is 18.9. The van der Waals surface area contributed by atoms with Gasteiger partial charge in [0.1, 0.15) is 11.5 Å². The van der Waals surface area contributed by atoms with Gasteiger partial charge in [0.05, 0.1) is 31.0 Å². The summed E-state index contributed by atoms with van der Waals surface area (Å²) in [5, 5.41) is 5.45. The minimum atomic E-state index is -0.134. The number of hydrogen-bond acceptors (Lipinski definition) is 4. The van der Waals surface area contributed by atoms with Crippen LogP contribution in [-0.2, 0) is 0 Å². The van der Waals surface area contributed by atoms with E-state index < -0.39 is 0 Å². The van der Waals surface area contributed by atoms with Crippen molar-refractivity contribution in [2.75, 3.05) is 26.1 Å². The van der Waals surface area contributed by atoms with Crippen molar-refractivity contribution >= 4 is 34.7 Å². The Morgan fingerprint density at radius 1 is 1.23 bits per heavy atom. The SMILES string of the molecule is COc1cc(OC)c(NC(=O)N2CCCCCC2c2cccs2)cc1Cl. The second-order valence-electron chi connectivity index (χ2n) is 6.19. The second-order valence-corrected chi connectivity index (χ2v) is 7.58. The zero-order chi connectivity index (χ0) is 18.5. The molecule has 1 aliphatic heterocycles. The van der Waals surface area contributed by atoms with Crippen molar-refractivity contribution in [3.63, 3.8) is 0 Å². The Morgan fingerprint density at radius 2 is 2.04 bits per heavy atom. The van der Waals surface area contributed by atoms with E-state index >= 15 is 0 Å². The quantitative estimate of drug-likeness (QED) is 0.737. The largest absolute Gasteiger partial charge is 0.495 e. The summed E-state index contributed by atoms with van der Waals surface area (Å²) in [5.41, 5.74) is 0.539. The Bertz CT molecular complexity index is 751. The van der Waals surface area contributed by atoms with Gasteiger partial charge in [-0.1, -0.05) is 30.5 Å². The molecule has 5 nitrogen and oxygen atoms in total. The average Bonchev–Trinajstić information content (AvgIpc) is 3.06. The zero-order valence-corrected chi connectivity index (χ0v) is 16.5. The third kappa shape index (κ3) is 4.07. The monoisotopic (exact) mass is 394 g/mol. The highest BCUT2D eigenvalue weighted by Crippen LogP contribution is 2.37. The smallest absolute Gasteiger partial charge is 0.322 e. The lowest BCUT2D eigenvalue weighted by atomic mass is 10.1. The number of urea groups is 1. The molecular weight excluding hydrogens is 372 g/mol. The minimum absolute atomic E-state index is 0.109. The summed E-state index contributed by atoms with van der Waals surface area (Å²) in [5.74, 6) is 1.02. The van der Waals surface area contributed by atoms with Crippen LogP contribution in [0.1, 0.15) is 36.6 Å². The molecule has 1 N–H and O–H groups in total. The Labute approximate surface area is 162 Å². The maximum atomic E-state index is 13.0. The van der Waals surface area contributed by atoms with E-state index in [-0.39, 0.29) is 12.1 Å². The first-order valence-corrected chi connectivity index (χ1v) is 9.92. The van der Waals surface area contributed by atoms with Crippen LogP contribution < -0.4 is 14.8 Å². The molecule has 1 fully saturated rings. The van der Waals surface area contributed by atoms with Gasteiger partial charge in [0.2, 0.25) is 0 Å². The lowest BCUT2D eigenvalue weighted by Gasteiger charge is -2.30. The van der Waals surface area contributed by atoms with Gasteiger partial charge in [-0.3, -0.25) is 0 Å². The second kappa shape index (κ2) is 8.64. The van der Waals surface area contributed by atoms with Crippen molar-refractivity contribution in [2.24, 2.45) is 0 Å². The van der Waals surface area contributed by atoms with Gasteiger partial charge in [0, 0.05) is 17.5 Å². The van der Waals surface area contributed by atoms with Gasteiger partial charge in [-0.05, 0) is 30.4 Å². The van der Waals surface area contributed by atoms with E-state index in [2.05, 4.69) is 16.8 Å². The van der Waals surface area contributed by atoms with Crippen LogP contribution in [0.5, 0.6) is 11.5 Å². The summed E-state index contributed by atoms with van der Waals surface area (Å²) in [6.07, 6.45) is 4.26. The van der Waals surface area contributed by atoms with Crippen molar-refractivity contribution in [1.29, 1.82) is 0 Å². The van der Waals surface area contributed by atoms with E-state index in [0.29, 0.717) is 22.2 Å². The highest BCUT2D eigenvalue weighted by atomic mass is 35.5. The number of methoxy groups -OCH3 is 2. The molecular formula is C19H23ClN2O3S. The van der Waals surface area contributed by atoms with E-state index in [4.69, 9.17) is 21.1 Å². The summed E-state index contributed by atoms with van der Waals surface area (Å²) in [4.78, 5) is 16.2. The molecule has 2 aromatic rings. The lowest BCUT2D eigenvalue weighted by Crippen LogP contribution is -2.37. The van der Waals surface area contributed by atoms with Crippen LogP contribution in [0.15, 0.2) is 29.6 Å². The van der Waals surface area contributed by atoms with Crippen molar-refractivity contribution in [2.45, 2.75) is 31.7 Å². The molecule has 0 spiro atoms. The summed E-state index contributed by atoms with van der Waals surface area (Å²) in [7, 11) is 3.10. The van der Waals surface area contributed by atoms with E-state index in [1.165, 1.54) is 4.88 Å². The number of amides is 2. The molecule has 0 aliphatic carbocycles. The number of nitrogens with one attached hydrogen (secondary N) is 1. The number of carbonyl (C=O) groups is 1. The lowest BCUT2D eigenvalue weighted by molar-refractivity contribution is 0.190. The van der Waals surface area contributed by atoms with Crippen LogP contribution in [0.3, 0.4) is 0 Å². The molecule has 3 rings (SSSR count). The molecule has 1 aromatic carbocycles. The van der Waals surface area contributed by atoms with Gasteiger partial charge in [-0.15, -0.1) is 11.3 Å². The van der Waals surface area contributed by atoms with Gasteiger partial charge in [-0.25, -0.2) is 4.79 Å². The molecule has 2 amide bonds. The Hall–Kier alpha value is -1.92. The first-order chi connectivity index (χ1) is 12.6. The number of nitrogens with zero attached hydrogens (tertiary/aromatic N) is 1. The number of benzene rings is 1. The van der Waals surface area contributed by atoms with Crippen LogP contribution >= 0.6 is 22.9 Å². The molecule has 1 aliphatic rings. The van der Waals surface area contributed by atoms with Crippen molar-refractivity contribution < 1.29 is 14.3 Å². The maximum absolute atomic E-state index is 13.0. The van der Waals surface area contributed by atoms with Gasteiger partial charge < -0.3 is 19.7 Å². The number of carbonyl (C=O) groups excluding carboxylic acids is 1. The third-order valence-corrected chi connectivity index (χ3v) is 5.87. The number of likely N-dealkylation sites (tertiary alicyclic amines) is 1. The standard InChI is InChI=1S/C19H23ClN2O3S/c1-24-16-12-17(25-2)14(11-13(16)20)21-19(23)22-9-5-3-4-7-15(22)18-8-6-10-26-18/h6,8,10-12,15H,3-5,7,9H2,1-2H3,(H,21,23). The maximum Gasteiger partial charge on any atom is 0.322 e. The number of thiophene rings is 1. The summed E-state index contributed by atoms with van der Waals surface area (Å²) in [6.45, 7) is 0.737. The van der Waals surface area contributed by atoms with Crippen LogP contribution in [-0.4, -0.2) is 31.7 Å². The Kier molecular flexibility index (Phi) is 6.27. The Balaban J connectivity index is 1.84. The highest BCUT2D eigenvalue weighted by Gasteiger charge is 2.28. The van der Waals surface area contributed by atoms with Crippen molar-refractivity contribution in [3.8, 4) is 11.5 Å². The molecule has 1 atom stereocenters. The van der Waals surface area contributed by atoms with Crippen LogP contribution in [0.25, 0.3) is 0 Å². The normalized spacial score (nSPS) is 17.5. The fraction of sp³-hybridized carbons (Fsp3) is 0.421. The summed E-state index contributed by atoms with van der Waals surface area (Å²) in [6, 6.07) is 7.45. The number of hydrogen-bond donors (Lipinski definition) is 1. The first-order valence-electron chi connectivity index (χ1n) is 8.66.